The minimum atomic E-state index is -2.52. The smallest absolute Gasteiger partial charge is 0.316 e. The Labute approximate surface area is 83.7 Å². The van der Waals surface area contributed by atoms with Crippen LogP contribution in [0.2, 0.25) is 0 Å². The summed E-state index contributed by atoms with van der Waals surface area (Å²) in [7, 11) is 0. The summed E-state index contributed by atoms with van der Waals surface area (Å²) in [4.78, 5) is 10.8. The number of nitrogens with two attached hydrogens (primary N) is 1. The lowest BCUT2D eigenvalue weighted by atomic mass is 10.3. The predicted octanol–water partition coefficient (Wildman–Crippen LogP) is 2.49. The van der Waals surface area contributed by atoms with Crippen LogP contribution >= 0.6 is 11.8 Å². The lowest BCUT2D eigenvalue weighted by Crippen LogP contribution is -2.19. The van der Waals surface area contributed by atoms with Gasteiger partial charge in [-0.25, -0.2) is 4.79 Å². The molecule has 1 rings (SSSR count). The topological polar surface area (TPSA) is 55.1 Å². The monoisotopic (exact) mass is 218 g/mol. The molecule has 14 heavy (non-hydrogen) atoms. The van der Waals surface area contributed by atoms with Gasteiger partial charge in [-0.1, -0.05) is 23.9 Å². The van der Waals surface area contributed by atoms with Gasteiger partial charge in [-0.15, -0.1) is 0 Å². The summed E-state index contributed by atoms with van der Waals surface area (Å²) in [6.45, 7) is 0. The number of para-hydroxylation sites is 1. The summed E-state index contributed by atoms with van der Waals surface area (Å²) in [6, 6.07) is 5.46. The highest BCUT2D eigenvalue weighted by Crippen LogP contribution is 2.31. The Hall–Kier alpha value is -1.30. The van der Waals surface area contributed by atoms with Crippen LogP contribution in [0.15, 0.2) is 29.2 Å². The van der Waals surface area contributed by atoms with E-state index in [1.165, 1.54) is 12.1 Å². The lowest BCUT2D eigenvalue weighted by molar-refractivity contribution is 0.252. The van der Waals surface area contributed by atoms with Gasteiger partial charge < -0.3 is 11.1 Å². The number of amides is 2. The van der Waals surface area contributed by atoms with Gasteiger partial charge in [0.25, 0.3) is 5.76 Å². The second-order valence-corrected chi connectivity index (χ2v) is 3.40. The Morgan fingerprint density at radius 1 is 1.43 bits per heavy atom. The molecule has 0 saturated heterocycles. The zero-order valence-electron chi connectivity index (χ0n) is 7.04. The van der Waals surface area contributed by atoms with Crippen LogP contribution in [0.1, 0.15) is 0 Å². The number of carbonyl (C=O) groups is 1. The van der Waals surface area contributed by atoms with Crippen LogP contribution in [-0.4, -0.2) is 11.8 Å². The molecule has 3 N–H and O–H groups in total. The number of hydrogen-bond acceptors (Lipinski definition) is 2. The quantitative estimate of drug-likeness (QED) is 0.766. The van der Waals surface area contributed by atoms with Gasteiger partial charge in [0.15, 0.2) is 0 Å². The van der Waals surface area contributed by atoms with Crippen molar-refractivity contribution in [3.63, 3.8) is 0 Å². The van der Waals surface area contributed by atoms with Gasteiger partial charge in [0.2, 0.25) is 0 Å². The zero-order chi connectivity index (χ0) is 10.6. The molecule has 3 nitrogen and oxygen atoms in total. The molecule has 0 aliphatic heterocycles. The molecular formula is C8H8F2N2OS. The Bertz CT molecular complexity index is 333. The molecule has 0 unspecified atom stereocenters. The largest absolute Gasteiger partial charge is 0.351 e. The Morgan fingerprint density at radius 2 is 2.07 bits per heavy atom. The van der Waals surface area contributed by atoms with E-state index in [0.717, 1.165) is 0 Å². The second kappa shape index (κ2) is 4.80. The average molecular weight is 218 g/mol. The second-order valence-electron chi connectivity index (χ2n) is 2.36. The molecular weight excluding hydrogens is 210 g/mol. The van der Waals surface area contributed by atoms with Gasteiger partial charge in [-0.05, 0) is 12.1 Å². The fraction of sp³-hybridized carbons (Fsp3) is 0.125. The summed E-state index contributed by atoms with van der Waals surface area (Å²) in [5.41, 5.74) is 5.17. The van der Waals surface area contributed by atoms with Crippen LogP contribution in [0.25, 0.3) is 0 Å². The number of thioether (sulfide) groups is 1. The minimum Gasteiger partial charge on any atom is -0.351 e. The number of alkyl halides is 2. The molecule has 6 heteroatoms. The van der Waals surface area contributed by atoms with E-state index in [4.69, 9.17) is 5.73 Å². The van der Waals surface area contributed by atoms with Crippen LogP contribution in [0, 0.1) is 0 Å². The third-order valence-corrected chi connectivity index (χ3v) is 2.15. The maximum Gasteiger partial charge on any atom is 0.316 e. The number of carbonyl (C=O) groups excluding carboxylic acids is 1. The van der Waals surface area contributed by atoms with E-state index in [1.807, 2.05) is 0 Å². The van der Waals surface area contributed by atoms with Crippen molar-refractivity contribution < 1.29 is 13.6 Å². The van der Waals surface area contributed by atoms with Crippen molar-refractivity contribution in [2.45, 2.75) is 10.7 Å². The van der Waals surface area contributed by atoms with E-state index in [1.54, 1.807) is 12.1 Å². The lowest BCUT2D eigenvalue weighted by Gasteiger charge is -2.07. The van der Waals surface area contributed by atoms with E-state index in [2.05, 4.69) is 5.32 Å². The molecule has 0 fully saturated rings. The van der Waals surface area contributed by atoms with Crippen LogP contribution in [0.3, 0.4) is 0 Å². The van der Waals surface area contributed by atoms with Gasteiger partial charge in [-0.3, -0.25) is 0 Å². The first-order valence-corrected chi connectivity index (χ1v) is 4.58. The minimum absolute atomic E-state index is 0.293. The van der Waals surface area contributed by atoms with E-state index in [-0.39, 0.29) is 0 Å². The van der Waals surface area contributed by atoms with Crippen molar-refractivity contribution in [1.29, 1.82) is 0 Å². The molecule has 0 radical (unpaired) electrons. The summed E-state index contributed by atoms with van der Waals surface area (Å²) in [6.07, 6.45) is 0. The van der Waals surface area contributed by atoms with Crippen LogP contribution in [0.4, 0.5) is 19.3 Å². The number of hydrogen-bond donors (Lipinski definition) is 2. The highest BCUT2D eigenvalue weighted by Gasteiger charge is 2.09. The third-order valence-electron chi connectivity index (χ3n) is 1.36. The van der Waals surface area contributed by atoms with Crippen LogP contribution < -0.4 is 11.1 Å². The number of nitrogens with one attached hydrogen (secondary N) is 1. The highest BCUT2D eigenvalue weighted by atomic mass is 32.2. The van der Waals surface area contributed by atoms with Crippen molar-refractivity contribution in [1.82, 2.24) is 0 Å². The molecule has 0 aliphatic carbocycles. The first kappa shape index (κ1) is 10.8. The van der Waals surface area contributed by atoms with Crippen molar-refractivity contribution in [2.75, 3.05) is 5.32 Å². The molecule has 0 atom stereocenters. The normalized spacial score (nSPS) is 10.2. The van der Waals surface area contributed by atoms with Gasteiger partial charge in [0.1, 0.15) is 0 Å². The van der Waals surface area contributed by atoms with Gasteiger partial charge >= 0.3 is 6.03 Å². The highest BCUT2D eigenvalue weighted by molar-refractivity contribution is 7.99. The van der Waals surface area contributed by atoms with Crippen molar-refractivity contribution in [3.05, 3.63) is 24.3 Å². The SMILES string of the molecule is NC(=O)Nc1ccccc1SC(F)F. The molecule has 0 heterocycles. The van der Waals surface area contributed by atoms with Crippen molar-refractivity contribution >= 4 is 23.5 Å². The van der Waals surface area contributed by atoms with E-state index in [9.17, 15) is 13.6 Å². The number of urea groups is 1. The molecule has 0 aromatic heterocycles. The van der Waals surface area contributed by atoms with E-state index >= 15 is 0 Å². The molecule has 0 bridgehead atoms. The summed E-state index contributed by atoms with van der Waals surface area (Å²) in [5, 5.41) is 2.26. The first-order chi connectivity index (χ1) is 6.59. The third kappa shape index (κ3) is 3.21. The molecule has 76 valence electrons. The average Bonchev–Trinajstić information content (AvgIpc) is 2.06. The van der Waals surface area contributed by atoms with Crippen LogP contribution in [0.5, 0.6) is 0 Å². The molecule has 2 amide bonds. The molecule has 1 aromatic rings. The standard InChI is InChI=1S/C8H8F2N2OS/c9-7(10)14-6-4-2-1-3-5(6)12-8(11)13/h1-4,7H,(H3,11,12,13). The van der Waals surface area contributed by atoms with Gasteiger partial charge in [0, 0.05) is 4.90 Å². The van der Waals surface area contributed by atoms with E-state index in [0.29, 0.717) is 22.3 Å². The van der Waals surface area contributed by atoms with Crippen LogP contribution in [-0.2, 0) is 0 Å². The molecule has 0 aliphatic rings. The Balaban J connectivity index is 2.85. The first-order valence-electron chi connectivity index (χ1n) is 3.70. The number of benzene rings is 1. The summed E-state index contributed by atoms with van der Waals surface area (Å²) in [5.74, 6) is -2.52. The number of halogens is 2. The summed E-state index contributed by atoms with van der Waals surface area (Å²) >= 11 is 0.363. The molecule has 0 saturated carbocycles. The van der Waals surface area contributed by atoms with Crippen molar-refractivity contribution in [2.24, 2.45) is 5.73 Å². The Kier molecular flexibility index (Phi) is 3.70. The molecule has 1 aromatic carbocycles. The van der Waals surface area contributed by atoms with E-state index < -0.39 is 11.8 Å². The number of primary amides is 1. The maximum absolute atomic E-state index is 12.1. The predicted molar refractivity (Wildman–Crippen MR) is 51.5 cm³/mol. The zero-order valence-corrected chi connectivity index (χ0v) is 7.85. The maximum atomic E-state index is 12.1. The fourth-order valence-electron chi connectivity index (χ4n) is 0.901. The molecule has 0 spiro atoms. The van der Waals surface area contributed by atoms with Crippen molar-refractivity contribution in [3.8, 4) is 0 Å². The van der Waals surface area contributed by atoms with Gasteiger partial charge in [0.05, 0.1) is 5.69 Å². The number of rotatable bonds is 3. The Morgan fingerprint density at radius 3 is 2.64 bits per heavy atom. The number of anilines is 1. The van der Waals surface area contributed by atoms with Gasteiger partial charge in [-0.2, -0.15) is 8.78 Å². The fourth-order valence-corrected chi connectivity index (χ4v) is 1.50. The summed E-state index contributed by atoms with van der Waals surface area (Å²) < 4.78 is 24.1.